The van der Waals surface area contributed by atoms with E-state index in [0.717, 1.165) is 12.0 Å². The molecular formula is C13H26N2. The third-order valence-electron chi connectivity index (χ3n) is 3.88. The van der Waals surface area contributed by atoms with Gasteiger partial charge in [-0.1, -0.05) is 19.3 Å². The third-order valence-corrected chi connectivity index (χ3v) is 3.88. The van der Waals surface area contributed by atoms with Gasteiger partial charge in [-0.3, -0.25) is 4.90 Å². The molecule has 1 unspecified atom stereocenters. The minimum absolute atomic E-state index is 0.740. The van der Waals surface area contributed by atoms with Crippen LogP contribution in [0.15, 0.2) is 0 Å². The van der Waals surface area contributed by atoms with Gasteiger partial charge in [0.2, 0.25) is 0 Å². The molecular weight excluding hydrogens is 184 g/mol. The zero-order valence-corrected chi connectivity index (χ0v) is 10.2. The molecule has 2 nitrogen and oxygen atoms in total. The minimum atomic E-state index is 0.740. The molecule has 0 aromatic rings. The molecule has 1 aliphatic heterocycles. The Hall–Kier alpha value is -0.0800. The number of piperidine rings is 1. The molecule has 1 saturated heterocycles. The van der Waals surface area contributed by atoms with Crippen molar-refractivity contribution < 1.29 is 0 Å². The van der Waals surface area contributed by atoms with Gasteiger partial charge >= 0.3 is 0 Å². The maximum atomic E-state index is 3.61. The molecule has 1 saturated carbocycles. The fourth-order valence-electron chi connectivity index (χ4n) is 2.51. The fourth-order valence-corrected chi connectivity index (χ4v) is 2.51. The van der Waals surface area contributed by atoms with E-state index in [2.05, 4.69) is 17.1 Å². The molecule has 0 spiro atoms. The minimum Gasteiger partial charge on any atom is -0.315 e. The van der Waals surface area contributed by atoms with E-state index >= 15 is 0 Å². The summed E-state index contributed by atoms with van der Waals surface area (Å²) in [6.45, 7) is 7.45. The Morgan fingerprint density at radius 3 is 2.60 bits per heavy atom. The number of rotatable bonds is 6. The first-order valence-corrected chi connectivity index (χ1v) is 6.81. The van der Waals surface area contributed by atoms with Crippen LogP contribution in [0.5, 0.6) is 0 Å². The van der Waals surface area contributed by atoms with E-state index in [4.69, 9.17) is 0 Å². The smallest absolute Gasteiger partial charge is 0.0192 e. The third kappa shape index (κ3) is 4.12. The van der Waals surface area contributed by atoms with Crippen LogP contribution in [0.4, 0.5) is 0 Å². The second-order valence-corrected chi connectivity index (χ2v) is 5.38. The molecule has 0 bridgehead atoms. The zero-order valence-electron chi connectivity index (χ0n) is 10.2. The molecule has 1 atom stereocenters. The largest absolute Gasteiger partial charge is 0.315 e. The van der Waals surface area contributed by atoms with Crippen molar-refractivity contribution in [3.05, 3.63) is 0 Å². The average molecular weight is 210 g/mol. The number of hydrogen-bond acceptors (Lipinski definition) is 2. The second-order valence-electron chi connectivity index (χ2n) is 5.38. The number of likely N-dealkylation sites (tertiary alicyclic amines) is 1. The molecule has 0 radical (unpaired) electrons. The summed E-state index contributed by atoms with van der Waals surface area (Å²) in [5, 5.41) is 3.61. The monoisotopic (exact) mass is 210 g/mol. The maximum absolute atomic E-state index is 3.61. The molecule has 15 heavy (non-hydrogen) atoms. The van der Waals surface area contributed by atoms with Crippen molar-refractivity contribution in [2.45, 2.75) is 51.5 Å². The maximum Gasteiger partial charge on any atom is 0.0192 e. The summed E-state index contributed by atoms with van der Waals surface area (Å²) in [6, 6.07) is 0.740. The Kier molecular flexibility index (Phi) is 4.45. The van der Waals surface area contributed by atoms with Crippen LogP contribution in [0.3, 0.4) is 0 Å². The Balaban J connectivity index is 1.52. The Morgan fingerprint density at radius 2 is 1.93 bits per heavy atom. The SMILES string of the molecule is CC(CNCCC1CC1)N1CCCCC1. The lowest BCUT2D eigenvalue weighted by Gasteiger charge is -2.32. The number of nitrogens with zero attached hydrogens (tertiary/aromatic N) is 1. The summed E-state index contributed by atoms with van der Waals surface area (Å²) < 4.78 is 0. The zero-order chi connectivity index (χ0) is 10.5. The predicted molar refractivity (Wildman–Crippen MR) is 65.1 cm³/mol. The molecule has 1 heterocycles. The van der Waals surface area contributed by atoms with Crippen molar-refractivity contribution in [3.63, 3.8) is 0 Å². The van der Waals surface area contributed by atoms with Crippen LogP contribution in [0.1, 0.15) is 45.4 Å². The van der Waals surface area contributed by atoms with E-state index in [-0.39, 0.29) is 0 Å². The molecule has 88 valence electrons. The lowest BCUT2D eigenvalue weighted by Crippen LogP contribution is -2.43. The van der Waals surface area contributed by atoms with Crippen LogP contribution < -0.4 is 5.32 Å². The van der Waals surface area contributed by atoms with Crippen LogP contribution >= 0.6 is 0 Å². The van der Waals surface area contributed by atoms with Gasteiger partial charge in [0.1, 0.15) is 0 Å². The standard InChI is InChI=1S/C13H26N2/c1-12(15-9-3-2-4-10-15)11-14-8-7-13-5-6-13/h12-14H,2-11H2,1H3. The molecule has 1 aliphatic carbocycles. The van der Waals surface area contributed by atoms with Crippen LogP contribution in [0.25, 0.3) is 0 Å². The van der Waals surface area contributed by atoms with Crippen LogP contribution in [-0.2, 0) is 0 Å². The van der Waals surface area contributed by atoms with Gasteiger partial charge in [-0.25, -0.2) is 0 Å². The van der Waals surface area contributed by atoms with Gasteiger partial charge in [-0.2, -0.15) is 0 Å². The normalized spacial score (nSPS) is 25.4. The number of hydrogen-bond donors (Lipinski definition) is 1. The van der Waals surface area contributed by atoms with Gasteiger partial charge in [0, 0.05) is 12.6 Å². The van der Waals surface area contributed by atoms with E-state index in [1.807, 2.05) is 0 Å². The van der Waals surface area contributed by atoms with Crippen LogP contribution in [0, 0.1) is 5.92 Å². The molecule has 2 aliphatic rings. The summed E-state index contributed by atoms with van der Waals surface area (Å²) in [5.74, 6) is 1.07. The highest BCUT2D eigenvalue weighted by Gasteiger charge is 2.20. The lowest BCUT2D eigenvalue weighted by molar-refractivity contribution is 0.171. The van der Waals surface area contributed by atoms with Crippen molar-refractivity contribution in [3.8, 4) is 0 Å². The average Bonchev–Trinajstić information content (AvgIpc) is 3.09. The highest BCUT2D eigenvalue weighted by Crippen LogP contribution is 2.31. The van der Waals surface area contributed by atoms with Crippen molar-refractivity contribution >= 4 is 0 Å². The lowest BCUT2D eigenvalue weighted by atomic mass is 10.1. The first-order valence-electron chi connectivity index (χ1n) is 6.81. The Labute approximate surface area is 94.4 Å². The van der Waals surface area contributed by atoms with Gasteiger partial charge < -0.3 is 5.32 Å². The van der Waals surface area contributed by atoms with Crippen molar-refractivity contribution in [2.75, 3.05) is 26.2 Å². The summed E-state index contributed by atoms with van der Waals surface area (Å²) in [7, 11) is 0. The van der Waals surface area contributed by atoms with E-state index in [0.29, 0.717) is 0 Å². The molecule has 2 heteroatoms. The number of nitrogens with one attached hydrogen (secondary N) is 1. The van der Waals surface area contributed by atoms with Gasteiger partial charge in [-0.15, -0.1) is 0 Å². The van der Waals surface area contributed by atoms with Crippen LogP contribution in [0.2, 0.25) is 0 Å². The summed E-state index contributed by atoms with van der Waals surface area (Å²) in [5.41, 5.74) is 0. The van der Waals surface area contributed by atoms with Crippen LogP contribution in [-0.4, -0.2) is 37.1 Å². The van der Waals surface area contributed by atoms with E-state index in [1.54, 1.807) is 0 Å². The highest BCUT2D eigenvalue weighted by molar-refractivity contribution is 4.76. The fraction of sp³-hybridized carbons (Fsp3) is 1.00. The Morgan fingerprint density at radius 1 is 1.20 bits per heavy atom. The summed E-state index contributed by atoms with van der Waals surface area (Å²) >= 11 is 0. The predicted octanol–water partition coefficient (Wildman–Crippen LogP) is 2.25. The van der Waals surface area contributed by atoms with E-state index in [9.17, 15) is 0 Å². The molecule has 2 rings (SSSR count). The molecule has 1 N–H and O–H groups in total. The Bertz CT molecular complexity index is 171. The first-order chi connectivity index (χ1) is 7.36. The topological polar surface area (TPSA) is 15.3 Å². The second kappa shape index (κ2) is 5.86. The van der Waals surface area contributed by atoms with Gasteiger partial charge in [0.15, 0.2) is 0 Å². The van der Waals surface area contributed by atoms with Gasteiger partial charge in [-0.05, 0) is 51.7 Å². The molecule has 0 aromatic heterocycles. The molecule has 0 aromatic carbocycles. The molecule has 2 fully saturated rings. The summed E-state index contributed by atoms with van der Waals surface area (Å²) in [6.07, 6.45) is 8.65. The highest BCUT2D eigenvalue weighted by atomic mass is 15.2. The van der Waals surface area contributed by atoms with Crippen molar-refractivity contribution in [1.29, 1.82) is 0 Å². The molecule has 0 amide bonds. The first kappa shape index (κ1) is 11.4. The quantitative estimate of drug-likeness (QED) is 0.676. The van der Waals surface area contributed by atoms with Gasteiger partial charge in [0.25, 0.3) is 0 Å². The van der Waals surface area contributed by atoms with Crippen molar-refractivity contribution in [1.82, 2.24) is 10.2 Å². The van der Waals surface area contributed by atoms with E-state index in [1.165, 1.54) is 64.7 Å². The summed E-state index contributed by atoms with van der Waals surface area (Å²) in [4.78, 5) is 2.65. The van der Waals surface area contributed by atoms with E-state index < -0.39 is 0 Å². The van der Waals surface area contributed by atoms with Gasteiger partial charge in [0.05, 0.1) is 0 Å². The van der Waals surface area contributed by atoms with Crippen molar-refractivity contribution in [2.24, 2.45) is 5.92 Å².